The van der Waals surface area contributed by atoms with Gasteiger partial charge in [0.15, 0.2) is 0 Å². The van der Waals surface area contributed by atoms with Crippen LogP contribution in [0.3, 0.4) is 0 Å². The second kappa shape index (κ2) is 7.53. The number of benzene rings is 1. The fraction of sp³-hybridized carbons (Fsp3) is 0.467. The molecule has 0 atom stereocenters. The highest BCUT2D eigenvalue weighted by molar-refractivity contribution is 5.84. The first-order valence-corrected chi connectivity index (χ1v) is 6.55. The maximum Gasteiger partial charge on any atom is 0.412 e. The molecule has 0 saturated heterocycles. The first-order valence-electron chi connectivity index (χ1n) is 6.55. The average molecular weight is 279 g/mol. The van der Waals surface area contributed by atoms with Gasteiger partial charge in [-0.2, -0.15) is 0 Å². The monoisotopic (exact) mass is 279 g/mol. The lowest BCUT2D eigenvalue weighted by molar-refractivity contribution is -0.128. The molecule has 1 aromatic rings. The zero-order chi connectivity index (χ0) is 15.0. The minimum absolute atomic E-state index is 0.418. The predicted molar refractivity (Wildman–Crippen MR) is 76.6 cm³/mol. The van der Waals surface area contributed by atoms with Crippen LogP contribution < -0.4 is 5.32 Å². The van der Waals surface area contributed by atoms with Gasteiger partial charge in [-0.15, -0.1) is 0 Å². The number of carbonyl (C=O) groups excluding carboxylic acids is 2. The third-order valence-corrected chi connectivity index (χ3v) is 2.39. The van der Waals surface area contributed by atoms with E-state index in [0.717, 1.165) is 18.4 Å². The van der Waals surface area contributed by atoms with E-state index < -0.39 is 11.7 Å². The van der Waals surface area contributed by atoms with Crippen LogP contribution in [0.15, 0.2) is 24.3 Å². The fourth-order valence-corrected chi connectivity index (χ4v) is 1.58. The molecule has 0 aliphatic carbocycles. The van der Waals surface area contributed by atoms with E-state index in [-0.39, 0.29) is 0 Å². The lowest BCUT2D eigenvalue weighted by Gasteiger charge is -2.19. The SMILES string of the molecule is CC(C)(C)OC(=O)Nc1ccc(CCCOC=O)cc1. The Hall–Kier alpha value is -2.04. The van der Waals surface area contributed by atoms with Crippen LogP contribution in [-0.2, 0) is 20.7 Å². The summed E-state index contributed by atoms with van der Waals surface area (Å²) in [6.45, 7) is 6.32. The molecular weight excluding hydrogens is 258 g/mol. The molecule has 0 spiro atoms. The molecule has 5 nitrogen and oxygen atoms in total. The summed E-state index contributed by atoms with van der Waals surface area (Å²) in [6.07, 6.45) is 1.13. The summed E-state index contributed by atoms with van der Waals surface area (Å²) in [5.74, 6) is 0. The quantitative estimate of drug-likeness (QED) is 0.641. The lowest BCUT2D eigenvalue weighted by Crippen LogP contribution is -2.27. The summed E-state index contributed by atoms with van der Waals surface area (Å²) in [5, 5.41) is 2.67. The number of nitrogens with one attached hydrogen (secondary N) is 1. The molecule has 0 bridgehead atoms. The van der Waals surface area contributed by atoms with Gasteiger partial charge in [0.05, 0.1) is 6.61 Å². The van der Waals surface area contributed by atoms with Crippen molar-refractivity contribution in [2.75, 3.05) is 11.9 Å². The van der Waals surface area contributed by atoms with Gasteiger partial charge in [-0.25, -0.2) is 4.79 Å². The van der Waals surface area contributed by atoms with Gasteiger partial charge >= 0.3 is 6.09 Å². The Bertz CT molecular complexity index is 434. The van der Waals surface area contributed by atoms with Crippen molar-refractivity contribution in [3.05, 3.63) is 29.8 Å². The largest absolute Gasteiger partial charge is 0.468 e. The number of amides is 1. The molecule has 20 heavy (non-hydrogen) atoms. The number of aryl methyl sites for hydroxylation is 1. The van der Waals surface area contributed by atoms with Crippen molar-refractivity contribution in [1.82, 2.24) is 0 Å². The topological polar surface area (TPSA) is 64.6 Å². The molecule has 0 aromatic heterocycles. The van der Waals surface area contributed by atoms with E-state index in [1.54, 1.807) is 0 Å². The van der Waals surface area contributed by atoms with E-state index in [9.17, 15) is 9.59 Å². The number of hydrogen-bond donors (Lipinski definition) is 1. The van der Waals surface area contributed by atoms with Crippen molar-refractivity contribution in [3.8, 4) is 0 Å². The van der Waals surface area contributed by atoms with E-state index in [1.807, 2.05) is 45.0 Å². The Morgan fingerprint density at radius 3 is 2.45 bits per heavy atom. The molecule has 0 fully saturated rings. The molecule has 1 N–H and O–H groups in total. The third-order valence-electron chi connectivity index (χ3n) is 2.39. The number of anilines is 1. The highest BCUT2D eigenvalue weighted by atomic mass is 16.6. The van der Waals surface area contributed by atoms with E-state index in [1.165, 1.54) is 0 Å². The minimum atomic E-state index is -0.511. The van der Waals surface area contributed by atoms with Gasteiger partial charge in [0.1, 0.15) is 5.60 Å². The zero-order valence-electron chi connectivity index (χ0n) is 12.1. The number of carbonyl (C=O) groups is 2. The van der Waals surface area contributed by atoms with Gasteiger partial charge < -0.3 is 9.47 Å². The maximum atomic E-state index is 11.6. The summed E-state index contributed by atoms with van der Waals surface area (Å²) in [6, 6.07) is 7.49. The second-order valence-electron chi connectivity index (χ2n) is 5.39. The van der Waals surface area contributed by atoms with Crippen LogP contribution in [0.4, 0.5) is 10.5 Å². The molecule has 0 radical (unpaired) electrons. The number of ether oxygens (including phenoxy) is 2. The van der Waals surface area contributed by atoms with E-state index in [0.29, 0.717) is 18.8 Å². The van der Waals surface area contributed by atoms with Gasteiger partial charge in [0.25, 0.3) is 6.47 Å². The normalized spacial score (nSPS) is 10.8. The molecule has 1 rings (SSSR count). The molecular formula is C15H21NO4. The molecule has 110 valence electrons. The number of hydrogen-bond acceptors (Lipinski definition) is 4. The van der Waals surface area contributed by atoms with Crippen molar-refractivity contribution >= 4 is 18.3 Å². The predicted octanol–water partition coefficient (Wildman–Crippen LogP) is 3.14. The Balaban J connectivity index is 2.42. The van der Waals surface area contributed by atoms with Crippen LogP contribution in [-0.4, -0.2) is 24.8 Å². The minimum Gasteiger partial charge on any atom is -0.468 e. The van der Waals surface area contributed by atoms with E-state index >= 15 is 0 Å². The summed E-state index contributed by atoms with van der Waals surface area (Å²) in [7, 11) is 0. The Morgan fingerprint density at radius 2 is 1.90 bits per heavy atom. The first kappa shape index (κ1) is 16.0. The average Bonchev–Trinajstić information content (AvgIpc) is 2.34. The van der Waals surface area contributed by atoms with Crippen LogP contribution >= 0.6 is 0 Å². The molecule has 0 saturated carbocycles. The van der Waals surface area contributed by atoms with Crippen LogP contribution in [0.5, 0.6) is 0 Å². The Morgan fingerprint density at radius 1 is 1.25 bits per heavy atom. The van der Waals surface area contributed by atoms with Crippen molar-refractivity contribution in [1.29, 1.82) is 0 Å². The highest BCUT2D eigenvalue weighted by Crippen LogP contribution is 2.13. The van der Waals surface area contributed by atoms with Crippen LogP contribution in [0, 0.1) is 0 Å². The van der Waals surface area contributed by atoms with E-state index in [2.05, 4.69) is 10.1 Å². The van der Waals surface area contributed by atoms with Crippen molar-refractivity contribution in [2.24, 2.45) is 0 Å². The Labute approximate surface area is 119 Å². The van der Waals surface area contributed by atoms with Crippen LogP contribution in [0.1, 0.15) is 32.8 Å². The van der Waals surface area contributed by atoms with Crippen LogP contribution in [0.2, 0.25) is 0 Å². The highest BCUT2D eigenvalue weighted by Gasteiger charge is 2.15. The summed E-state index contributed by atoms with van der Waals surface area (Å²) in [5.41, 5.74) is 1.30. The van der Waals surface area contributed by atoms with Gasteiger partial charge in [0, 0.05) is 5.69 Å². The molecule has 1 aromatic carbocycles. The molecule has 0 heterocycles. The zero-order valence-corrected chi connectivity index (χ0v) is 12.1. The third kappa shape index (κ3) is 6.78. The Kier molecular flexibility index (Phi) is 6.03. The van der Waals surface area contributed by atoms with Gasteiger partial charge in [-0.05, 0) is 51.3 Å². The molecule has 1 amide bonds. The van der Waals surface area contributed by atoms with Crippen molar-refractivity contribution in [3.63, 3.8) is 0 Å². The summed E-state index contributed by atoms with van der Waals surface area (Å²) < 4.78 is 9.79. The molecule has 0 aliphatic rings. The molecule has 5 heteroatoms. The standard InChI is InChI=1S/C15H21NO4/c1-15(2,3)20-14(18)16-13-8-6-12(7-9-13)5-4-10-19-11-17/h6-9,11H,4-5,10H2,1-3H3,(H,16,18). The van der Waals surface area contributed by atoms with Crippen molar-refractivity contribution in [2.45, 2.75) is 39.2 Å². The van der Waals surface area contributed by atoms with Gasteiger partial charge in [0.2, 0.25) is 0 Å². The van der Waals surface area contributed by atoms with Gasteiger partial charge in [-0.1, -0.05) is 12.1 Å². The first-order chi connectivity index (χ1) is 9.40. The molecule has 0 unspecified atom stereocenters. The molecule has 0 aliphatic heterocycles. The second-order valence-corrected chi connectivity index (χ2v) is 5.39. The number of rotatable bonds is 6. The van der Waals surface area contributed by atoms with Gasteiger partial charge in [-0.3, -0.25) is 10.1 Å². The van der Waals surface area contributed by atoms with Crippen LogP contribution in [0.25, 0.3) is 0 Å². The maximum absolute atomic E-state index is 11.6. The summed E-state index contributed by atoms with van der Waals surface area (Å²) >= 11 is 0. The lowest BCUT2D eigenvalue weighted by atomic mass is 10.1. The fourth-order valence-electron chi connectivity index (χ4n) is 1.58. The van der Waals surface area contributed by atoms with E-state index in [4.69, 9.17) is 4.74 Å². The summed E-state index contributed by atoms with van der Waals surface area (Å²) in [4.78, 5) is 21.6. The van der Waals surface area contributed by atoms with Crippen molar-refractivity contribution < 1.29 is 19.1 Å². The smallest absolute Gasteiger partial charge is 0.412 e.